The minimum absolute atomic E-state index is 0.0862. The van der Waals surface area contributed by atoms with Crippen molar-refractivity contribution in [2.45, 2.75) is 30.6 Å². The average molecular weight is 341 g/mol. The lowest BCUT2D eigenvalue weighted by atomic mass is 10.1. The van der Waals surface area contributed by atoms with E-state index in [1.165, 1.54) is 6.92 Å². The summed E-state index contributed by atoms with van der Waals surface area (Å²) in [5.41, 5.74) is 5.25. The van der Waals surface area contributed by atoms with Crippen LogP contribution in [0.25, 0.3) is 0 Å². The molecule has 1 aromatic rings. The van der Waals surface area contributed by atoms with Crippen molar-refractivity contribution >= 4 is 15.8 Å². The second-order valence-electron chi connectivity index (χ2n) is 5.62. The molecule has 1 fully saturated rings. The minimum Gasteiger partial charge on any atom is -0.465 e. The van der Waals surface area contributed by atoms with Crippen LogP contribution >= 0.6 is 0 Å². The highest BCUT2D eigenvalue weighted by atomic mass is 32.2. The quantitative estimate of drug-likeness (QED) is 0.781. The van der Waals surface area contributed by atoms with Crippen LogP contribution in [0.5, 0.6) is 11.5 Å². The molecule has 0 spiro atoms. The SMILES string of the molecule is CCOC(=O)[C@]1(N)[C@@H](c2ccc3c(c2)OCO3)[C@@H]1S(=O)(=O)CC. The Morgan fingerprint density at radius 1 is 1.35 bits per heavy atom. The van der Waals surface area contributed by atoms with Gasteiger partial charge in [-0.1, -0.05) is 13.0 Å². The van der Waals surface area contributed by atoms with Gasteiger partial charge in [-0.05, 0) is 24.6 Å². The van der Waals surface area contributed by atoms with Gasteiger partial charge in [-0.15, -0.1) is 0 Å². The van der Waals surface area contributed by atoms with Gasteiger partial charge in [-0.25, -0.2) is 13.2 Å². The molecule has 0 amide bonds. The lowest BCUT2D eigenvalue weighted by Gasteiger charge is -2.11. The fourth-order valence-corrected chi connectivity index (χ4v) is 5.03. The molecule has 126 valence electrons. The standard InChI is InChI=1S/C15H19NO6S/c1-3-20-14(17)15(16)12(13(15)23(18,19)4-2)9-5-6-10-11(7-9)22-8-21-10/h5-7,12-13H,3-4,8,16H2,1-2H3/t12-,13-,15-/m0/s1. The van der Waals surface area contributed by atoms with Gasteiger partial charge in [-0.2, -0.15) is 0 Å². The van der Waals surface area contributed by atoms with E-state index < -0.39 is 32.5 Å². The van der Waals surface area contributed by atoms with Gasteiger partial charge in [-0.3, -0.25) is 0 Å². The van der Waals surface area contributed by atoms with E-state index in [0.29, 0.717) is 17.1 Å². The molecule has 8 heteroatoms. The smallest absolute Gasteiger partial charge is 0.328 e. The maximum Gasteiger partial charge on any atom is 0.328 e. The molecule has 1 heterocycles. The number of carbonyl (C=O) groups is 1. The van der Waals surface area contributed by atoms with Crippen molar-refractivity contribution < 1.29 is 27.4 Å². The Balaban J connectivity index is 2.00. The summed E-state index contributed by atoms with van der Waals surface area (Å²) in [6, 6.07) is 5.08. The van der Waals surface area contributed by atoms with Crippen molar-refractivity contribution in [1.29, 1.82) is 0 Å². The van der Waals surface area contributed by atoms with Crippen molar-refractivity contribution in [3.8, 4) is 11.5 Å². The zero-order valence-corrected chi connectivity index (χ0v) is 13.8. The van der Waals surface area contributed by atoms with E-state index in [4.69, 9.17) is 19.9 Å². The Kier molecular flexibility index (Phi) is 3.76. The van der Waals surface area contributed by atoms with Crippen LogP contribution in [0.1, 0.15) is 25.3 Å². The first-order chi connectivity index (χ1) is 10.9. The Labute approximate surface area is 134 Å². The Morgan fingerprint density at radius 3 is 2.70 bits per heavy atom. The molecule has 1 aliphatic carbocycles. The topological polar surface area (TPSA) is 105 Å². The van der Waals surface area contributed by atoms with Gasteiger partial charge in [0.15, 0.2) is 21.3 Å². The van der Waals surface area contributed by atoms with Gasteiger partial charge >= 0.3 is 5.97 Å². The first-order valence-electron chi connectivity index (χ1n) is 7.43. The molecule has 3 rings (SSSR count). The third kappa shape index (κ3) is 2.36. The molecule has 2 aliphatic rings. The van der Waals surface area contributed by atoms with E-state index in [1.54, 1.807) is 25.1 Å². The van der Waals surface area contributed by atoms with Crippen LogP contribution in [-0.2, 0) is 19.4 Å². The lowest BCUT2D eigenvalue weighted by Crippen LogP contribution is -2.41. The summed E-state index contributed by atoms with van der Waals surface area (Å²) in [5, 5.41) is -0.987. The first-order valence-corrected chi connectivity index (χ1v) is 9.15. The number of hydrogen-bond acceptors (Lipinski definition) is 7. The second-order valence-corrected chi connectivity index (χ2v) is 8.03. The summed E-state index contributed by atoms with van der Waals surface area (Å²) in [7, 11) is -3.51. The molecule has 1 aromatic carbocycles. The summed E-state index contributed by atoms with van der Waals surface area (Å²) < 4.78 is 40.3. The van der Waals surface area contributed by atoms with E-state index in [9.17, 15) is 13.2 Å². The molecular weight excluding hydrogens is 322 g/mol. The number of sulfone groups is 1. The van der Waals surface area contributed by atoms with Crippen LogP contribution in [0, 0.1) is 0 Å². The summed E-state index contributed by atoms with van der Waals surface area (Å²) in [6.45, 7) is 3.45. The number of fused-ring (bicyclic) bond motifs is 1. The molecule has 3 atom stereocenters. The molecule has 0 bridgehead atoms. The number of ether oxygens (including phenoxy) is 3. The van der Waals surface area contributed by atoms with Gasteiger partial charge in [0, 0.05) is 11.7 Å². The number of nitrogens with two attached hydrogens (primary N) is 1. The Morgan fingerprint density at radius 2 is 2.04 bits per heavy atom. The number of hydrogen-bond donors (Lipinski definition) is 1. The van der Waals surface area contributed by atoms with Crippen LogP contribution in [-0.4, -0.2) is 44.3 Å². The summed E-state index contributed by atoms with van der Waals surface area (Å²) >= 11 is 0. The van der Waals surface area contributed by atoms with Gasteiger partial charge in [0.1, 0.15) is 5.54 Å². The largest absolute Gasteiger partial charge is 0.465 e. The molecule has 2 N–H and O–H groups in total. The number of esters is 1. The van der Waals surface area contributed by atoms with Crippen molar-refractivity contribution in [1.82, 2.24) is 0 Å². The summed E-state index contributed by atoms with van der Waals surface area (Å²) in [5.74, 6) is -0.320. The second kappa shape index (κ2) is 5.38. The van der Waals surface area contributed by atoms with Gasteiger partial charge in [0.2, 0.25) is 6.79 Å². The molecule has 0 unspecified atom stereocenters. The van der Waals surface area contributed by atoms with Gasteiger partial charge in [0.25, 0.3) is 0 Å². The molecular formula is C15H19NO6S. The van der Waals surface area contributed by atoms with E-state index in [1.807, 2.05) is 0 Å². The first kappa shape index (κ1) is 16.1. The molecule has 7 nitrogen and oxygen atoms in total. The van der Waals surface area contributed by atoms with E-state index in [-0.39, 0.29) is 19.2 Å². The van der Waals surface area contributed by atoms with Crippen LogP contribution in [0.3, 0.4) is 0 Å². The fourth-order valence-electron chi connectivity index (χ4n) is 3.11. The van der Waals surface area contributed by atoms with Gasteiger partial charge in [0.05, 0.1) is 11.9 Å². The zero-order chi connectivity index (χ0) is 16.8. The Hall–Kier alpha value is -1.80. The minimum atomic E-state index is -3.51. The van der Waals surface area contributed by atoms with Crippen LogP contribution in [0.15, 0.2) is 18.2 Å². The predicted molar refractivity (Wildman–Crippen MR) is 82.1 cm³/mol. The van der Waals surface area contributed by atoms with Crippen LogP contribution in [0.2, 0.25) is 0 Å². The lowest BCUT2D eigenvalue weighted by molar-refractivity contribution is -0.145. The molecule has 1 aliphatic heterocycles. The maximum atomic E-state index is 12.4. The Bertz CT molecular complexity index is 746. The van der Waals surface area contributed by atoms with Gasteiger partial charge < -0.3 is 19.9 Å². The molecule has 0 radical (unpaired) electrons. The van der Waals surface area contributed by atoms with Crippen molar-refractivity contribution in [2.75, 3.05) is 19.2 Å². The molecule has 0 saturated heterocycles. The molecule has 1 saturated carbocycles. The average Bonchev–Trinajstić information content (AvgIpc) is 2.93. The van der Waals surface area contributed by atoms with E-state index in [0.717, 1.165) is 0 Å². The number of rotatable bonds is 5. The highest BCUT2D eigenvalue weighted by molar-refractivity contribution is 7.92. The third-order valence-electron chi connectivity index (χ3n) is 4.35. The zero-order valence-electron chi connectivity index (χ0n) is 12.9. The normalized spacial score (nSPS) is 28.5. The van der Waals surface area contributed by atoms with Crippen molar-refractivity contribution in [3.63, 3.8) is 0 Å². The van der Waals surface area contributed by atoms with Crippen LogP contribution < -0.4 is 15.2 Å². The fraction of sp³-hybridized carbons (Fsp3) is 0.533. The summed E-state index contributed by atoms with van der Waals surface area (Å²) in [6.07, 6.45) is 0. The van der Waals surface area contributed by atoms with E-state index >= 15 is 0 Å². The summed E-state index contributed by atoms with van der Waals surface area (Å²) in [4.78, 5) is 12.2. The highest BCUT2D eigenvalue weighted by Gasteiger charge is 2.74. The molecule has 0 aromatic heterocycles. The highest BCUT2D eigenvalue weighted by Crippen LogP contribution is 2.56. The van der Waals surface area contributed by atoms with E-state index in [2.05, 4.69) is 0 Å². The third-order valence-corrected chi connectivity index (χ3v) is 6.59. The number of carbonyl (C=O) groups excluding carboxylic acids is 1. The van der Waals surface area contributed by atoms with Crippen LogP contribution in [0.4, 0.5) is 0 Å². The monoisotopic (exact) mass is 341 g/mol. The maximum absolute atomic E-state index is 12.4. The number of benzene rings is 1. The van der Waals surface area contributed by atoms with Crippen molar-refractivity contribution in [3.05, 3.63) is 23.8 Å². The van der Waals surface area contributed by atoms with Crippen molar-refractivity contribution in [2.24, 2.45) is 5.73 Å². The molecule has 23 heavy (non-hydrogen) atoms. The predicted octanol–water partition coefficient (Wildman–Crippen LogP) is 0.576.